The molecule has 0 aliphatic heterocycles. The number of aliphatic hydroxyl groups excluding tert-OH is 1. The number of halogens is 3. The second-order valence-corrected chi connectivity index (χ2v) is 3.37. The van der Waals surface area contributed by atoms with Crippen LogP contribution in [0.15, 0.2) is 12.1 Å². The summed E-state index contributed by atoms with van der Waals surface area (Å²) in [5, 5.41) is 9.22. The molecule has 0 spiro atoms. The van der Waals surface area contributed by atoms with Crippen molar-refractivity contribution in [3.8, 4) is 0 Å². The third kappa shape index (κ3) is 2.68. The quantitative estimate of drug-likeness (QED) is 0.837. The van der Waals surface area contributed by atoms with Gasteiger partial charge in [-0.2, -0.15) is 0 Å². The van der Waals surface area contributed by atoms with Crippen LogP contribution in [0.5, 0.6) is 0 Å². The highest BCUT2D eigenvalue weighted by Gasteiger charge is 2.26. The zero-order valence-electron chi connectivity index (χ0n) is 8.34. The van der Waals surface area contributed by atoms with Gasteiger partial charge in [0.1, 0.15) is 11.6 Å². The summed E-state index contributed by atoms with van der Waals surface area (Å²) in [7, 11) is 0. The van der Waals surface area contributed by atoms with Crippen LogP contribution in [0.25, 0.3) is 0 Å². The minimum atomic E-state index is -1.99. The first-order valence-corrected chi connectivity index (χ1v) is 4.84. The van der Waals surface area contributed by atoms with Gasteiger partial charge < -0.3 is 9.84 Å². The van der Waals surface area contributed by atoms with Crippen molar-refractivity contribution in [2.75, 3.05) is 6.61 Å². The van der Waals surface area contributed by atoms with Crippen molar-refractivity contribution >= 4 is 17.6 Å². The van der Waals surface area contributed by atoms with E-state index in [9.17, 15) is 18.7 Å². The predicted octanol–water partition coefficient (Wildman–Crippen LogP) is 2.21. The molecule has 1 atom stereocenters. The highest BCUT2D eigenvalue weighted by atomic mass is 35.5. The summed E-state index contributed by atoms with van der Waals surface area (Å²) in [6.07, 6.45) is -1.99. The number of rotatable bonds is 3. The summed E-state index contributed by atoms with van der Waals surface area (Å²) in [5.74, 6) is -3.29. The van der Waals surface area contributed by atoms with Crippen LogP contribution in [0.3, 0.4) is 0 Å². The van der Waals surface area contributed by atoms with Gasteiger partial charge in [0.2, 0.25) is 0 Å². The largest absolute Gasteiger partial charge is 0.464 e. The molecule has 0 amide bonds. The van der Waals surface area contributed by atoms with E-state index in [1.807, 2.05) is 0 Å². The lowest BCUT2D eigenvalue weighted by molar-refractivity contribution is -0.153. The lowest BCUT2D eigenvalue weighted by Crippen LogP contribution is -2.18. The fourth-order valence-corrected chi connectivity index (χ4v) is 1.35. The summed E-state index contributed by atoms with van der Waals surface area (Å²) in [6, 6.07) is 1.62. The summed E-state index contributed by atoms with van der Waals surface area (Å²) < 4.78 is 31.0. The van der Waals surface area contributed by atoms with Crippen LogP contribution in [-0.4, -0.2) is 17.7 Å². The van der Waals surface area contributed by atoms with E-state index in [0.717, 1.165) is 12.1 Å². The Morgan fingerprint density at radius 2 is 2.00 bits per heavy atom. The van der Waals surface area contributed by atoms with E-state index in [0.29, 0.717) is 0 Å². The zero-order valence-corrected chi connectivity index (χ0v) is 9.09. The highest BCUT2D eigenvalue weighted by Crippen LogP contribution is 2.25. The van der Waals surface area contributed by atoms with Crippen molar-refractivity contribution in [3.63, 3.8) is 0 Å². The van der Waals surface area contributed by atoms with E-state index >= 15 is 0 Å². The predicted molar refractivity (Wildman–Crippen MR) is 53.0 cm³/mol. The van der Waals surface area contributed by atoms with Gasteiger partial charge in [0, 0.05) is 5.02 Å². The topological polar surface area (TPSA) is 46.5 Å². The standard InChI is InChI=1S/C10H9ClF2O3/c1-2-16-10(15)9(14)8-6(12)3-5(11)4-7(8)13/h3-4,9,14H,2H2,1H3. The molecule has 0 saturated carbocycles. The molecule has 1 N–H and O–H groups in total. The molecule has 3 nitrogen and oxygen atoms in total. The van der Waals surface area contributed by atoms with Crippen molar-refractivity contribution in [1.29, 1.82) is 0 Å². The van der Waals surface area contributed by atoms with Crippen LogP contribution in [0, 0.1) is 11.6 Å². The van der Waals surface area contributed by atoms with Crippen molar-refractivity contribution in [1.82, 2.24) is 0 Å². The van der Waals surface area contributed by atoms with Crippen LogP contribution >= 0.6 is 11.6 Å². The van der Waals surface area contributed by atoms with E-state index in [4.69, 9.17) is 11.6 Å². The number of carbonyl (C=O) groups excluding carboxylic acids is 1. The Bertz CT molecular complexity index is 386. The van der Waals surface area contributed by atoms with E-state index in [1.165, 1.54) is 6.92 Å². The molecule has 0 fully saturated rings. The van der Waals surface area contributed by atoms with Crippen molar-refractivity contribution in [2.45, 2.75) is 13.0 Å². The van der Waals surface area contributed by atoms with Gasteiger partial charge in [0.15, 0.2) is 6.10 Å². The molecule has 1 aromatic carbocycles. The smallest absolute Gasteiger partial charge is 0.339 e. The van der Waals surface area contributed by atoms with E-state index in [2.05, 4.69) is 4.74 Å². The summed E-state index contributed by atoms with van der Waals surface area (Å²) in [5.41, 5.74) is -0.761. The van der Waals surface area contributed by atoms with Crippen LogP contribution in [0.2, 0.25) is 5.02 Å². The van der Waals surface area contributed by atoms with Gasteiger partial charge in [-0.3, -0.25) is 0 Å². The Morgan fingerprint density at radius 3 is 2.44 bits per heavy atom. The van der Waals surface area contributed by atoms with Gasteiger partial charge in [-0.25, -0.2) is 13.6 Å². The second kappa shape index (κ2) is 5.23. The molecular weight excluding hydrogens is 242 g/mol. The number of carbonyl (C=O) groups is 1. The van der Waals surface area contributed by atoms with Crippen LogP contribution in [0.1, 0.15) is 18.6 Å². The maximum atomic E-state index is 13.3. The van der Waals surface area contributed by atoms with Crippen molar-refractivity contribution < 1.29 is 23.4 Å². The van der Waals surface area contributed by atoms with Crippen molar-refractivity contribution in [2.24, 2.45) is 0 Å². The van der Waals surface area contributed by atoms with Gasteiger partial charge >= 0.3 is 5.97 Å². The average molecular weight is 251 g/mol. The maximum absolute atomic E-state index is 13.3. The summed E-state index contributed by atoms with van der Waals surface area (Å²) in [4.78, 5) is 11.1. The first-order valence-electron chi connectivity index (χ1n) is 4.46. The van der Waals surface area contributed by atoms with Gasteiger partial charge in [-0.1, -0.05) is 11.6 Å². The van der Waals surface area contributed by atoms with Gasteiger partial charge in [-0.05, 0) is 19.1 Å². The number of hydrogen-bond donors (Lipinski definition) is 1. The van der Waals surface area contributed by atoms with Crippen LogP contribution in [0.4, 0.5) is 8.78 Å². The highest BCUT2D eigenvalue weighted by molar-refractivity contribution is 6.30. The molecule has 0 aliphatic rings. The van der Waals surface area contributed by atoms with Crippen LogP contribution in [-0.2, 0) is 9.53 Å². The molecule has 88 valence electrons. The Hall–Kier alpha value is -1.20. The minimum Gasteiger partial charge on any atom is -0.464 e. The molecule has 0 heterocycles. The second-order valence-electron chi connectivity index (χ2n) is 2.94. The lowest BCUT2D eigenvalue weighted by atomic mass is 10.1. The number of aliphatic hydroxyl groups is 1. The molecule has 0 radical (unpaired) electrons. The number of hydrogen-bond acceptors (Lipinski definition) is 3. The minimum absolute atomic E-state index is 0.00667. The molecule has 1 rings (SSSR count). The summed E-state index contributed by atoms with van der Waals surface area (Å²) >= 11 is 5.39. The molecular formula is C10H9ClF2O3. The Balaban J connectivity index is 3.08. The number of ether oxygens (including phenoxy) is 1. The molecule has 0 aliphatic carbocycles. The summed E-state index contributed by atoms with van der Waals surface area (Å²) in [6.45, 7) is 1.52. The SMILES string of the molecule is CCOC(=O)C(O)c1c(F)cc(Cl)cc1F. The number of benzene rings is 1. The first-order chi connectivity index (χ1) is 7.47. The molecule has 1 aromatic rings. The Kier molecular flexibility index (Phi) is 4.20. The Morgan fingerprint density at radius 1 is 1.50 bits per heavy atom. The van der Waals surface area contributed by atoms with E-state index in [-0.39, 0.29) is 11.6 Å². The maximum Gasteiger partial charge on any atom is 0.339 e. The zero-order chi connectivity index (χ0) is 12.3. The van der Waals surface area contributed by atoms with E-state index < -0.39 is 29.3 Å². The van der Waals surface area contributed by atoms with Gasteiger partial charge in [0.05, 0.1) is 12.2 Å². The fourth-order valence-electron chi connectivity index (χ4n) is 1.15. The first kappa shape index (κ1) is 12.9. The third-order valence-electron chi connectivity index (χ3n) is 1.83. The third-order valence-corrected chi connectivity index (χ3v) is 2.05. The van der Waals surface area contributed by atoms with Crippen LogP contribution < -0.4 is 0 Å². The number of esters is 1. The molecule has 0 aromatic heterocycles. The molecule has 1 unspecified atom stereocenters. The average Bonchev–Trinajstić information content (AvgIpc) is 2.16. The van der Waals surface area contributed by atoms with Gasteiger partial charge in [-0.15, -0.1) is 0 Å². The fraction of sp³-hybridized carbons (Fsp3) is 0.300. The molecule has 0 bridgehead atoms. The Labute approximate surface area is 95.6 Å². The normalized spacial score (nSPS) is 12.3. The van der Waals surface area contributed by atoms with Gasteiger partial charge in [0.25, 0.3) is 0 Å². The monoisotopic (exact) mass is 250 g/mol. The molecule has 16 heavy (non-hydrogen) atoms. The molecule has 6 heteroatoms. The van der Waals surface area contributed by atoms with Crippen molar-refractivity contribution in [3.05, 3.63) is 34.4 Å². The van der Waals surface area contributed by atoms with E-state index in [1.54, 1.807) is 0 Å². The lowest BCUT2D eigenvalue weighted by Gasteiger charge is -2.11. The molecule has 0 saturated heterocycles.